The van der Waals surface area contributed by atoms with Gasteiger partial charge in [-0.25, -0.2) is 0 Å². The number of aromatic nitrogens is 2. The highest BCUT2D eigenvalue weighted by atomic mass is 32.2. The van der Waals surface area contributed by atoms with Gasteiger partial charge in [-0.1, -0.05) is 40.9 Å². The van der Waals surface area contributed by atoms with Crippen LogP contribution in [0.4, 0.5) is 11.4 Å². The minimum atomic E-state index is -0.0791. The van der Waals surface area contributed by atoms with E-state index in [4.69, 9.17) is 5.73 Å². The molecule has 0 aliphatic carbocycles. The van der Waals surface area contributed by atoms with Gasteiger partial charge in [-0.2, -0.15) is 0 Å². The zero-order valence-corrected chi connectivity index (χ0v) is 13.5. The molecular weight excluding hydrogens is 312 g/mol. The van der Waals surface area contributed by atoms with Gasteiger partial charge >= 0.3 is 0 Å². The minimum absolute atomic E-state index is 0.0791. The zero-order valence-electron chi connectivity index (χ0n) is 11.0. The predicted molar refractivity (Wildman–Crippen MR) is 86.6 cm³/mol. The number of carbonyl (C=O) groups is 1. The molecular formula is C12H14N4OS3. The number of rotatable bonds is 5. The maximum Gasteiger partial charge on any atom is 0.234 e. The number of nitrogens with two attached hydrogens (primary N) is 1. The van der Waals surface area contributed by atoms with Crippen molar-refractivity contribution in [2.75, 3.05) is 23.1 Å². The number of nitrogens with one attached hydrogen (secondary N) is 1. The summed E-state index contributed by atoms with van der Waals surface area (Å²) in [7, 11) is 0. The lowest BCUT2D eigenvalue weighted by molar-refractivity contribution is -0.113. The van der Waals surface area contributed by atoms with Gasteiger partial charge in [0.05, 0.1) is 5.75 Å². The van der Waals surface area contributed by atoms with E-state index in [1.165, 1.54) is 23.1 Å². The molecule has 1 amide bonds. The van der Waals surface area contributed by atoms with E-state index in [0.29, 0.717) is 11.4 Å². The van der Waals surface area contributed by atoms with Crippen LogP contribution in [0.2, 0.25) is 0 Å². The van der Waals surface area contributed by atoms with E-state index in [-0.39, 0.29) is 5.91 Å². The highest BCUT2D eigenvalue weighted by Gasteiger charge is 2.09. The summed E-state index contributed by atoms with van der Waals surface area (Å²) < 4.78 is 1.70. The van der Waals surface area contributed by atoms with Crippen LogP contribution in [0.25, 0.3) is 0 Å². The van der Waals surface area contributed by atoms with E-state index < -0.39 is 0 Å². The fraction of sp³-hybridized carbons (Fsp3) is 0.250. The predicted octanol–water partition coefficient (Wildman–Crippen LogP) is 2.88. The summed E-state index contributed by atoms with van der Waals surface area (Å²) in [6, 6.07) is 5.47. The van der Waals surface area contributed by atoms with Gasteiger partial charge in [0, 0.05) is 11.4 Å². The van der Waals surface area contributed by atoms with Gasteiger partial charge in [-0.05, 0) is 30.9 Å². The molecule has 0 radical (unpaired) electrons. The molecule has 0 saturated carbocycles. The van der Waals surface area contributed by atoms with Crippen LogP contribution in [-0.4, -0.2) is 28.1 Å². The number of thioether (sulfide) groups is 2. The molecule has 1 aromatic heterocycles. The van der Waals surface area contributed by atoms with Crippen LogP contribution in [0.1, 0.15) is 5.56 Å². The fourth-order valence-corrected chi connectivity index (χ4v) is 3.68. The van der Waals surface area contributed by atoms with Crippen molar-refractivity contribution in [3.63, 3.8) is 0 Å². The second kappa shape index (κ2) is 6.96. The Kier molecular flexibility index (Phi) is 5.27. The van der Waals surface area contributed by atoms with Crippen LogP contribution < -0.4 is 11.1 Å². The highest BCUT2D eigenvalue weighted by Crippen LogP contribution is 2.27. The second-order valence-corrected chi connectivity index (χ2v) is 7.15. The van der Waals surface area contributed by atoms with Gasteiger partial charge in [0.2, 0.25) is 5.91 Å². The third-order valence-electron chi connectivity index (χ3n) is 2.54. The number of amides is 1. The van der Waals surface area contributed by atoms with E-state index in [9.17, 15) is 4.79 Å². The lowest BCUT2D eigenvalue weighted by Gasteiger charge is -2.09. The summed E-state index contributed by atoms with van der Waals surface area (Å²) in [4.78, 5) is 11.9. The first kappa shape index (κ1) is 15.1. The van der Waals surface area contributed by atoms with Gasteiger partial charge in [0.25, 0.3) is 0 Å². The molecule has 2 aromatic rings. The molecule has 8 heteroatoms. The van der Waals surface area contributed by atoms with Crippen LogP contribution in [0.5, 0.6) is 0 Å². The van der Waals surface area contributed by atoms with Crippen molar-refractivity contribution in [1.29, 1.82) is 0 Å². The maximum atomic E-state index is 11.9. The van der Waals surface area contributed by atoms with Gasteiger partial charge in [0.1, 0.15) is 0 Å². The average molecular weight is 326 g/mol. The Morgan fingerprint density at radius 2 is 2.15 bits per heavy atom. The lowest BCUT2D eigenvalue weighted by atomic mass is 10.1. The Hall–Kier alpha value is -1.25. The van der Waals surface area contributed by atoms with Crippen LogP contribution >= 0.6 is 34.9 Å². The number of nitrogen functional groups attached to an aromatic ring is 1. The number of hydrogen-bond acceptors (Lipinski definition) is 7. The first-order valence-electron chi connectivity index (χ1n) is 5.75. The number of benzene rings is 1. The standard InChI is InChI=1S/C12H14N4OS3/c1-7-8(13)4-3-5-9(7)14-10(17)6-19-12-16-15-11(18-2)20-12/h3-5H,6,13H2,1-2H3,(H,14,17). The Morgan fingerprint density at radius 3 is 2.85 bits per heavy atom. The molecule has 3 N–H and O–H groups in total. The van der Waals surface area contributed by atoms with Crippen molar-refractivity contribution in [3.8, 4) is 0 Å². The molecule has 106 valence electrons. The van der Waals surface area contributed by atoms with Crippen molar-refractivity contribution in [3.05, 3.63) is 23.8 Å². The van der Waals surface area contributed by atoms with Crippen molar-refractivity contribution < 1.29 is 4.79 Å². The van der Waals surface area contributed by atoms with Gasteiger partial charge in [0.15, 0.2) is 8.68 Å². The topological polar surface area (TPSA) is 80.9 Å². The molecule has 0 unspecified atom stereocenters. The smallest absolute Gasteiger partial charge is 0.234 e. The number of anilines is 2. The summed E-state index contributed by atoms with van der Waals surface area (Å²) in [5.74, 6) is 0.224. The molecule has 0 aliphatic heterocycles. The van der Waals surface area contributed by atoms with Crippen LogP contribution in [-0.2, 0) is 4.79 Å². The van der Waals surface area contributed by atoms with E-state index >= 15 is 0 Å². The Balaban J connectivity index is 1.91. The highest BCUT2D eigenvalue weighted by molar-refractivity contribution is 8.03. The van der Waals surface area contributed by atoms with Gasteiger partial charge in [-0.3, -0.25) is 4.79 Å². The van der Waals surface area contributed by atoms with Gasteiger partial charge in [-0.15, -0.1) is 10.2 Å². The van der Waals surface area contributed by atoms with Gasteiger partial charge < -0.3 is 11.1 Å². The maximum absolute atomic E-state index is 11.9. The fourth-order valence-electron chi connectivity index (χ4n) is 1.44. The Morgan fingerprint density at radius 1 is 1.40 bits per heavy atom. The first-order chi connectivity index (χ1) is 9.60. The normalized spacial score (nSPS) is 10.5. The van der Waals surface area contributed by atoms with E-state index in [0.717, 1.165) is 19.9 Å². The summed E-state index contributed by atoms with van der Waals surface area (Å²) in [5, 5.41) is 10.8. The zero-order chi connectivity index (χ0) is 14.5. The Bertz CT molecular complexity index is 614. The lowest BCUT2D eigenvalue weighted by Crippen LogP contribution is -2.15. The van der Waals surface area contributed by atoms with E-state index in [1.54, 1.807) is 11.8 Å². The Labute approximate surface area is 129 Å². The van der Waals surface area contributed by atoms with Crippen LogP contribution in [0.3, 0.4) is 0 Å². The number of hydrogen-bond donors (Lipinski definition) is 2. The summed E-state index contributed by atoms with van der Waals surface area (Å²) in [6.45, 7) is 1.88. The summed E-state index contributed by atoms with van der Waals surface area (Å²) >= 11 is 4.42. The summed E-state index contributed by atoms with van der Waals surface area (Å²) in [5.41, 5.74) is 8.10. The van der Waals surface area contributed by atoms with E-state index in [1.807, 2.05) is 31.4 Å². The van der Waals surface area contributed by atoms with Crippen molar-refractivity contribution in [1.82, 2.24) is 10.2 Å². The quantitative estimate of drug-likeness (QED) is 0.649. The largest absolute Gasteiger partial charge is 0.398 e. The molecule has 20 heavy (non-hydrogen) atoms. The molecule has 1 aromatic carbocycles. The number of carbonyl (C=O) groups excluding carboxylic acids is 1. The van der Waals surface area contributed by atoms with Crippen molar-refractivity contribution in [2.24, 2.45) is 0 Å². The third kappa shape index (κ3) is 3.87. The average Bonchev–Trinajstić information content (AvgIpc) is 2.90. The molecule has 0 aliphatic rings. The van der Waals surface area contributed by atoms with Crippen molar-refractivity contribution in [2.45, 2.75) is 15.6 Å². The number of nitrogens with zero attached hydrogens (tertiary/aromatic N) is 2. The van der Waals surface area contributed by atoms with Crippen molar-refractivity contribution >= 4 is 52.1 Å². The molecule has 0 atom stereocenters. The molecule has 1 heterocycles. The first-order valence-corrected chi connectivity index (χ1v) is 8.78. The molecule has 0 spiro atoms. The van der Waals surface area contributed by atoms with E-state index in [2.05, 4.69) is 15.5 Å². The minimum Gasteiger partial charge on any atom is -0.398 e. The SMILES string of the molecule is CSc1nnc(SCC(=O)Nc2cccc(N)c2C)s1. The summed E-state index contributed by atoms with van der Waals surface area (Å²) in [6.07, 6.45) is 1.95. The van der Waals surface area contributed by atoms with Crippen LogP contribution in [0, 0.1) is 6.92 Å². The van der Waals surface area contributed by atoms with Crippen LogP contribution in [0.15, 0.2) is 26.9 Å². The molecule has 0 bridgehead atoms. The molecule has 0 fully saturated rings. The molecule has 0 saturated heterocycles. The monoisotopic (exact) mass is 326 g/mol. The second-order valence-electron chi connectivity index (χ2n) is 3.89. The molecule has 5 nitrogen and oxygen atoms in total. The molecule has 2 rings (SSSR count). The third-order valence-corrected chi connectivity index (χ3v) is 5.57.